The van der Waals surface area contributed by atoms with E-state index in [4.69, 9.17) is 4.43 Å². The topological polar surface area (TPSA) is 60.2 Å². The second-order valence-corrected chi connectivity index (χ2v) is 14.1. The minimum atomic E-state index is -2.12. The van der Waals surface area contributed by atoms with Crippen LogP contribution in [0.1, 0.15) is 50.8 Å². The van der Waals surface area contributed by atoms with Gasteiger partial charge in [-0.05, 0) is 36.2 Å². The molecule has 1 unspecified atom stereocenters. The molecule has 1 N–H and O–H groups in total. The van der Waals surface area contributed by atoms with Gasteiger partial charge in [0.25, 0.3) is 0 Å². The van der Waals surface area contributed by atoms with Gasteiger partial charge in [0.1, 0.15) is 17.7 Å². The average Bonchev–Trinajstić information content (AvgIpc) is 3.09. The largest absolute Gasteiger partial charge is 0.543 e. The lowest BCUT2D eigenvalue weighted by Crippen LogP contribution is -2.44. The first-order chi connectivity index (χ1) is 14.4. The fourth-order valence-electron chi connectivity index (χ4n) is 3.11. The summed E-state index contributed by atoms with van der Waals surface area (Å²) in [5.74, 6) is 0.831. The zero-order valence-electron chi connectivity index (χ0n) is 19.4. The summed E-state index contributed by atoms with van der Waals surface area (Å²) < 4.78 is 23.0. The van der Waals surface area contributed by atoms with Crippen molar-refractivity contribution >= 4 is 8.32 Å². The first kappa shape index (κ1) is 23.2. The lowest BCUT2D eigenvalue weighted by Gasteiger charge is -2.37. The maximum Gasteiger partial charge on any atom is 0.250 e. The molecule has 31 heavy (non-hydrogen) atoms. The first-order valence-corrected chi connectivity index (χ1v) is 13.5. The van der Waals surface area contributed by atoms with Crippen LogP contribution in [0.3, 0.4) is 0 Å². The van der Waals surface area contributed by atoms with E-state index in [1.54, 1.807) is 13.1 Å². The molecule has 7 heteroatoms. The molecule has 2 aromatic carbocycles. The number of hydrogen-bond acceptors (Lipinski definition) is 4. The number of aryl methyl sites for hydroxylation is 2. The van der Waals surface area contributed by atoms with Crippen molar-refractivity contribution in [2.45, 2.75) is 58.4 Å². The zero-order chi connectivity index (χ0) is 23.0. The van der Waals surface area contributed by atoms with Gasteiger partial charge in [0.15, 0.2) is 11.6 Å². The van der Waals surface area contributed by atoms with Crippen LogP contribution in [0.25, 0.3) is 11.4 Å². The molecule has 1 heterocycles. The second-order valence-electron chi connectivity index (χ2n) is 9.38. The Morgan fingerprint density at radius 1 is 1.16 bits per heavy atom. The van der Waals surface area contributed by atoms with E-state index in [-0.39, 0.29) is 16.4 Å². The van der Waals surface area contributed by atoms with E-state index in [9.17, 15) is 5.11 Å². The molecule has 0 aliphatic rings. The van der Waals surface area contributed by atoms with E-state index in [2.05, 4.69) is 43.9 Å². The first-order valence-electron chi connectivity index (χ1n) is 10.6. The number of aliphatic hydroxyl groups is 1. The van der Waals surface area contributed by atoms with E-state index < -0.39 is 20.2 Å². The maximum absolute atomic E-state index is 15.2. The van der Waals surface area contributed by atoms with Gasteiger partial charge in [0.2, 0.25) is 8.32 Å². The number of benzene rings is 2. The number of halogens is 1. The zero-order valence-corrected chi connectivity index (χ0v) is 20.4. The van der Waals surface area contributed by atoms with Crippen LogP contribution >= 0.6 is 0 Å². The van der Waals surface area contributed by atoms with Crippen molar-refractivity contribution in [2.75, 3.05) is 0 Å². The molecule has 166 valence electrons. The van der Waals surface area contributed by atoms with Gasteiger partial charge < -0.3 is 9.53 Å². The Bertz CT molecular complexity index is 1060. The molecule has 0 bridgehead atoms. The summed E-state index contributed by atoms with van der Waals surface area (Å²) in [6.45, 7) is 12.7. The molecule has 1 atom stereocenters. The third-order valence-corrected chi connectivity index (χ3v) is 10.4. The molecule has 3 aromatic rings. The molecule has 0 saturated carbocycles. The van der Waals surface area contributed by atoms with Crippen molar-refractivity contribution in [3.63, 3.8) is 0 Å². The van der Waals surface area contributed by atoms with Crippen LogP contribution in [-0.4, -0.2) is 28.2 Å². The molecule has 0 aliphatic carbocycles. The summed E-state index contributed by atoms with van der Waals surface area (Å²) in [6.07, 6.45) is -0.569. The van der Waals surface area contributed by atoms with E-state index in [0.717, 1.165) is 11.1 Å². The van der Waals surface area contributed by atoms with Gasteiger partial charge in [-0.3, -0.25) is 0 Å². The van der Waals surface area contributed by atoms with Gasteiger partial charge >= 0.3 is 0 Å². The Hall–Kier alpha value is -2.51. The standard InChI is InChI=1S/C24H32FN3O2Si/c1-8-16-14-18(19(25)15-20(16)30-31(6,7)24(2,3)4)21(29)23-26-22(27-28(23)5)17-12-10-9-11-13-17/h9-15,21,29H,8H2,1-7H3. The summed E-state index contributed by atoms with van der Waals surface area (Å²) in [6, 6.07) is 12.6. The van der Waals surface area contributed by atoms with Gasteiger partial charge in [-0.2, -0.15) is 5.10 Å². The van der Waals surface area contributed by atoms with Gasteiger partial charge in [-0.1, -0.05) is 58.0 Å². The van der Waals surface area contributed by atoms with Crippen LogP contribution < -0.4 is 4.43 Å². The summed E-state index contributed by atoms with van der Waals surface area (Å²) in [4.78, 5) is 4.48. The van der Waals surface area contributed by atoms with Crippen LogP contribution in [0.5, 0.6) is 5.75 Å². The summed E-state index contributed by atoms with van der Waals surface area (Å²) >= 11 is 0. The number of nitrogens with zero attached hydrogens (tertiary/aromatic N) is 3. The molecule has 0 fully saturated rings. The van der Waals surface area contributed by atoms with E-state index >= 15 is 4.39 Å². The Balaban J connectivity index is 1.98. The van der Waals surface area contributed by atoms with Crippen LogP contribution in [0.2, 0.25) is 18.1 Å². The van der Waals surface area contributed by atoms with Crippen molar-refractivity contribution in [1.29, 1.82) is 0 Å². The molecule has 1 aromatic heterocycles. The quantitative estimate of drug-likeness (QED) is 0.502. The summed E-state index contributed by atoms with van der Waals surface area (Å²) in [5, 5.41) is 15.4. The SMILES string of the molecule is CCc1cc(C(O)c2nc(-c3ccccc3)nn2C)c(F)cc1O[Si](C)(C)C(C)(C)C. The Morgan fingerprint density at radius 3 is 2.39 bits per heavy atom. The van der Waals surface area contributed by atoms with Crippen molar-refractivity contribution in [3.8, 4) is 17.1 Å². The third-order valence-electron chi connectivity index (χ3n) is 6.10. The Kier molecular flexibility index (Phi) is 6.39. The minimum Gasteiger partial charge on any atom is -0.543 e. The van der Waals surface area contributed by atoms with Gasteiger partial charge in [0.05, 0.1) is 0 Å². The highest BCUT2D eigenvalue weighted by atomic mass is 28.4. The lowest BCUT2D eigenvalue weighted by molar-refractivity contribution is 0.199. The van der Waals surface area contributed by atoms with Gasteiger partial charge in [0, 0.05) is 24.2 Å². The van der Waals surface area contributed by atoms with Crippen molar-refractivity contribution in [1.82, 2.24) is 14.8 Å². The Labute approximate surface area is 185 Å². The predicted molar refractivity (Wildman–Crippen MR) is 124 cm³/mol. The molecular formula is C24H32FN3O2Si. The van der Waals surface area contributed by atoms with E-state index in [1.165, 1.54) is 10.7 Å². The third kappa shape index (κ3) is 4.72. The average molecular weight is 442 g/mol. The minimum absolute atomic E-state index is 0.000851. The highest BCUT2D eigenvalue weighted by Gasteiger charge is 2.39. The van der Waals surface area contributed by atoms with Crippen molar-refractivity contribution < 1.29 is 13.9 Å². The monoisotopic (exact) mass is 441 g/mol. The summed E-state index contributed by atoms with van der Waals surface area (Å²) in [5.41, 5.74) is 1.88. The summed E-state index contributed by atoms with van der Waals surface area (Å²) in [7, 11) is -0.424. The number of hydrogen-bond donors (Lipinski definition) is 1. The molecular weight excluding hydrogens is 409 g/mol. The second kappa shape index (κ2) is 8.55. The highest BCUT2D eigenvalue weighted by Crippen LogP contribution is 2.39. The van der Waals surface area contributed by atoms with E-state index in [1.807, 2.05) is 37.3 Å². The Morgan fingerprint density at radius 2 is 1.81 bits per heavy atom. The lowest BCUT2D eigenvalue weighted by atomic mass is 10.0. The van der Waals surface area contributed by atoms with Crippen molar-refractivity contribution in [2.24, 2.45) is 7.05 Å². The number of aromatic nitrogens is 3. The van der Waals surface area contributed by atoms with Crippen LogP contribution in [0.15, 0.2) is 42.5 Å². The van der Waals surface area contributed by atoms with Crippen LogP contribution in [0, 0.1) is 5.82 Å². The maximum atomic E-state index is 15.2. The smallest absolute Gasteiger partial charge is 0.250 e. The fraction of sp³-hybridized carbons (Fsp3) is 0.417. The fourth-order valence-corrected chi connectivity index (χ4v) is 4.16. The normalized spacial score (nSPS) is 13.3. The van der Waals surface area contributed by atoms with E-state index in [0.29, 0.717) is 18.0 Å². The predicted octanol–water partition coefficient (Wildman–Crippen LogP) is 5.65. The van der Waals surface area contributed by atoms with Gasteiger partial charge in [-0.15, -0.1) is 0 Å². The van der Waals surface area contributed by atoms with Crippen LogP contribution in [0.4, 0.5) is 4.39 Å². The molecule has 3 rings (SSSR count). The van der Waals surface area contributed by atoms with Gasteiger partial charge in [-0.25, -0.2) is 14.1 Å². The molecule has 5 nitrogen and oxygen atoms in total. The molecule has 0 amide bonds. The molecule has 0 aliphatic heterocycles. The van der Waals surface area contributed by atoms with Crippen LogP contribution in [-0.2, 0) is 13.5 Å². The number of aliphatic hydroxyl groups excluding tert-OH is 1. The molecule has 0 radical (unpaired) electrons. The number of rotatable bonds is 6. The molecule has 0 spiro atoms. The molecule has 0 saturated heterocycles. The highest BCUT2D eigenvalue weighted by molar-refractivity contribution is 6.74. The van der Waals surface area contributed by atoms with Crippen molar-refractivity contribution in [3.05, 3.63) is 65.2 Å².